The monoisotopic (exact) mass is 378 g/mol. The maximum atomic E-state index is 12.1. The molecule has 7 nitrogen and oxygen atoms in total. The number of hydrogen-bond acceptors (Lipinski definition) is 4. The summed E-state index contributed by atoms with van der Waals surface area (Å²) in [4.78, 5) is 30.5. The summed E-state index contributed by atoms with van der Waals surface area (Å²) in [6, 6.07) is 1.21. The summed E-state index contributed by atoms with van der Waals surface area (Å²) in [6.07, 6.45) is 8.10. The number of piperidine rings is 1. The van der Waals surface area contributed by atoms with Gasteiger partial charge in [0.05, 0.1) is 7.11 Å². The Kier molecular flexibility index (Phi) is 5.23. The number of urea groups is 1. The molecular formula is C20H34N4O3. The molecule has 0 aromatic heterocycles. The van der Waals surface area contributed by atoms with E-state index in [0.717, 1.165) is 52.0 Å². The first-order valence-electron chi connectivity index (χ1n) is 10.6. The number of ether oxygens (including phenoxy) is 1. The van der Waals surface area contributed by atoms with E-state index < -0.39 is 0 Å². The Morgan fingerprint density at radius 2 is 1.81 bits per heavy atom. The molecule has 3 aliphatic heterocycles. The topological polar surface area (TPSA) is 65.1 Å². The van der Waals surface area contributed by atoms with Crippen LogP contribution < -0.4 is 5.32 Å². The number of nitrogens with zero attached hydrogens (tertiary/aromatic N) is 3. The van der Waals surface area contributed by atoms with E-state index in [1.54, 1.807) is 7.05 Å². The average molecular weight is 379 g/mol. The molecule has 1 aliphatic carbocycles. The number of carbonyl (C=O) groups excluding carboxylic acids is 2. The quantitative estimate of drug-likeness (QED) is 0.799. The van der Waals surface area contributed by atoms with Crippen molar-refractivity contribution < 1.29 is 14.3 Å². The molecule has 0 bridgehead atoms. The van der Waals surface area contributed by atoms with Crippen molar-refractivity contribution in [1.29, 1.82) is 0 Å². The van der Waals surface area contributed by atoms with Gasteiger partial charge in [0.15, 0.2) is 0 Å². The fraction of sp³-hybridized carbons (Fsp3) is 0.900. The second-order valence-corrected chi connectivity index (χ2v) is 9.04. The largest absolute Gasteiger partial charge is 0.453 e. The molecule has 3 amide bonds. The molecule has 3 saturated heterocycles. The Balaban J connectivity index is 1.24. The van der Waals surface area contributed by atoms with Crippen LogP contribution in [0.5, 0.6) is 0 Å². The maximum absolute atomic E-state index is 12.1. The lowest BCUT2D eigenvalue weighted by Gasteiger charge is -2.52. The van der Waals surface area contributed by atoms with E-state index in [2.05, 4.69) is 15.1 Å². The number of amides is 3. The molecule has 0 aromatic rings. The van der Waals surface area contributed by atoms with Crippen molar-refractivity contribution in [2.24, 2.45) is 11.3 Å². The molecule has 4 fully saturated rings. The van der Waals surface area contributed by atoms with Crippen molar-refractivity contribution in [2.75, 3.05) is 46.9 Å². The van der Waals surface area contributed by atoms with Gasteiger partial charge in [-0.2, -0.15) is 0 Å². The van der Waals surface area contributed by atoms with Crippen molar-refractivity contribution >= 4 is 12.1 Å². The first kappa shape index (κ1) is 18.8. The van der Waals surface area contributed by atoms with Crippen LogP contribution in [0.3, 0.4) is 0 Å². The van der Waals surface area contributed by atoms with Crippen LogP contribution in [0.2, 0.25) is 0 Å². The highest BCUT2D eigenvalue weighted by Crippen LogP contribution is 2.50. The molecule has 1 saturated carbocycles. The van der Waals surface area contributed by atoms with Crippen molar-refractivity contribution in [3.05, 3.63) is 0 Å². The molecule has 1 atom stereocenters. The Morgan fingerprint density at radius 1 is 1.07 bits per heavy atom. The predicted molar refractivity (Wildman–Crippen MR) is 103 cm³/mol. The molecule has 0 aromatic carbocycles. The lowest BCUT2D eigenvalue weighted by atomic mass is 9.64. The summed E-state index contributed by atoms with van der Waals surface area (Å²) < 4.78 is 4.88. The maximum Gasteiger partial charge on any atom is 0.409 e. The third-order valence-electron chi connectivity index (χ3n) is 7.62. The molecule has 1 N–H and O–H groups in total. The highest BCUT2D eigenvalue weighted by Gasteiger charge is 2.51. The van der Waals surface area contributed by atoms with Gasteiger partial charge in [0.25, 0.3) is 0 Å². The van der Waals surface area contributed by atoms with E-state index in [1.165, 1.54) is 32.8 Å². The van der Waals surface area contributed by atoms with Crippen LogP contribution in [0.1, 0.15) is 44.9 Å². The Bertz CT molecular complexity index is 570. The van der Waals surface area contributed by atoms with E-state index in [0.29, 0.717) is 23.4 Å². The molecule has 4 aliphatic rings. The van der Waals surface area contributed by atoms with Crippen molar-refractivity contribution in [1.82, 2.24) is 20.0 Å². The third kappa shape index (κ3) is 3.50. The number of methoxy groups -OCH3 is 1. The first-order chi connectivity index (χ1) is 13.0. The number of likely N-dealkylation sites (tertiary alicyclic amines) is 3. The normalized spacial score (nSPS) is 34.7. The van der Waals surface area contributed by atoms with E-state index in [-0.39, 0.29) is 12.1 Å². The smallest absolute Gasteiger partial charge is 0.409 e. The minimum Gasteiger partial charge on any atom is -0.453 e. The summed E-state index contributed by atoms with van der Waals surface area (Å²) in [5.41, 5.74) is 0.344. The molecule has 3 heterocycles. The predicted octanol–water partition coefficient (Wildman–Crippen LogP) is 2.12. The number of carbonyl (C=O) groups is 2. The van der Waals surface area contributed by atoms with Crippen LogP contribution in [0.15, 0.2) is 0 Å². The van der Waals surface area contributed by atoms with Gasteiger partial charge in [0.1, 0.15) is 0 Å². The second kappa shape index (κ2) is 7.49. The van der Waals surface area contributed by atoms with Gasteiger partial charge in [0, 0.05) is 38.8 Å². The highest BCUT2D eigenvalue weighted by atomic mass is 16.5. The minimum absolute atomic E-state index is 0.0947. The van der Waals surface area contributed by atoms with Crippen LogP contribution in [0.25, 0.3) is 0 Å². The van der Waals surface area contributed by atoms with Crippen LogP contribution in [0.4, 0.5) is 9.59 Å². The molecule has 4 rings (SSSR count). The Morgan fingerprint density at radius 3 is 2.48 bits per heavy atom. The molecule has 27 heavy (non-hydrogen) atoms. The van der Waals surface area contributed by atoms with Crippen LogP contribution in [-0.2, 0) is 4.74 Å². The van der Waals surface area contributed by atoms with E-state index in [9.17, 15) is 9.59 Å². The van der Waals surface area contributed by atoms with Gasteiger partial charge >= 0.3 is 12.1 Å². The summed E-state index contributed by atoms with van der Waals surface area (Å²) in [7, 11) is 3.20. The van der Waals surface area contributed by atoms with Gasteiger partial charge in [0.2, 0.25) is 0 Å². The van der Waals surface area contributed by atoms with Crippen LogP contribution in [-0.4, -0.2) is 85.8 Å². The highest BCUT2D eigenvalue weighted by molar-refractivity contribution is 5.74. The average Bonchev–Trinajstić information content (AvgIpc) is 3.33. The fourth-order valence-electron chi connectivity index (χ4n) is 6.10. The van der Waals surface area contributed by atoms with Gasteiger partial charge in [-0.25, -0.2) is 9.59 Å². The van der Waals surface area contributed by atoms with Crippen molar-refractivity contribution in [3.8, 4) is 0 Å². The standard InChI is InChI=1S/C20H34N4O3/c1-21-18(25)24-8-3-4-17(24)15-5-9-22(10-6-15)16-12-20(13-16)7-11-23(14-20)19(26)27-2/h15-17H,3-14H2,1-2H3,(H,21,25). The third-order valence-corrected chi connectivity index (χ3v) is 7.62. The zero-order chi connectivity index (χ0) is 19.0. The summed E-state index contributed by atoms with van der Waals surface area (Å²) in [5, 5.41) is 2.80. The van der Waals surface area contributed by atoms with Gasteiger partial charge in [-0.15, -0.1) is 0 Å². The molecular weight excluding hydrogens is 344 g/mol. The second-order valence-electron chi connectivity index (χ2n) is 9.04. The molecule has 152 valence electrons. The van der Waals surface area contributed by atoms with Crippen molar-refractivity contribution in [2.45, 2.75) is 57.0 Å². The van der Waals surface area contributed by atoms with E-state index in [4.69, 9.17) is 4.74 Å². The molecule has 7 heteroatoms. The zero-order valence-electron chi connectivity index (χ0n) is 16.8. The van der Waals surface area contributed by atoms with Gasteiger partial charge in [-0.1, -0.05) is 0 Å². The van der Waals surface area contributed by atoms with Crippen molar-refractivity contribution in [3.63, 3.8) is 0 Å². The summed E-state index contributed by atoms with van der Waals surface area (Å²) in [5.74, 6) is 0.649. The molecule has 1 spiro atoms. The number of rotatable bonds is 2. The van der Waals surface area contributed by atoms with Gasteiger partial charge in [-0.05, 0) is 69.4 Å². The fourth-order valence-corrected chi connectivity index (χ4v) is 6.10. The lowest BCUT2D eigenvalue weighted by Crippen LogP contribution is -2.55. The molecule has 1 unspecified atom stereocenters. The molecule has 0 radical (unpaired) electrons. The van der Waals surface area contributed by atoms with Gasteiger partial charge in [-0.3, -0.25) is 0 Å². The first-order valence-corrected chi connectivity index (χ1v) is 10.6. The Hall–Kier alpha value is -1.50. The summed E-state index contributed by atoms with van der Waals surface area (Å²) in [6.45, 7) is 4.94. The SMILES string of the molecule is CNC(=O)N1CCCC1C1CCN(C2CC3(CCN(C(=O)OC)C3)C2)CC1. The van der Waals surface area contributed by atoms with E-state index in [1.807, 2.05) is 4.90 Å². The zero-order valence-corrected chi connectivity index (χ0v) is 16.8. The van der Waals surface area contributed by atoms with Gasteiger partial charge < -0.3 is 24.8 Å². The number of hydrogen-bond donors (Lipinski definition) is 1. The summed E-state index contributed by atoms with van der Waals surface area (Å²) >= 11 is 0. The van der Waals surface area contributed by atoms with Crippen LogP contribution >= 0.6 is 0 Å². The van der Waals surface area contributed by atoms with Crippen LogP contribution in [0, 0.1) is 11.3 Å². The minimum atomic E-state index is -0.173. The Labute approximate surface area is 162 Å². The van der Waals surface area contributed by atoms with E-state index >= 15 is 0 Å². The number of nitrogens with one attached hydrogen (secondary N) is 1. The lowest BCUT2D eigenvalue weighted by molar-refractivity contribution is -0.0141.